The zero-order valence-electron chi connectivity index (χ0n) is 13.4. The van der Waals surface area contributed by atoms with Gasteiger partial charge in [-0.1, -0.05) is 6.42 Å². The molecule has 6 nitrogen and oxygen atoms in total. The first-order valence-electron chi connectivity index (χ1n) is 7.94. The molecule has 0 unspecified atom stereocenters. The number of anilines is 1. The van der Waals surface area contributed by atoms with E-state index in [0.717, 1.165) is 24.9 Å². The molecule has 0 saturated heterocycles. The van der Waals surface area contributed by atoms with Crippen LogP contribution in [0.1, 0.15) is 25.7 Å². The van der Waals surface area contributed by atoms with E-state index in [1.807, 2.05) is 0 Å². The SMILES string of the molecule is COC(=O)CCOc1ccc(NC(=O)[C@@H]2CCC[C@@H]2CN)cc1. The van der Waals surface area contributed by atoms with Crippen LogP contribution in [0.15, 0.2) is 24.3 Å². The normalized spacial score (nSPS) is 20.1. The van der Waals surface area contributed by atoms with Crippen LogP contribution in [0.25, 0.3) is 0 Å². The Kier molecular flexibility index (Phi) is 6.40. The van der Waals surface area contributed by atoms with E-state index >= 15 is 0 Å². The van der Waals surface area contributed by atoms with E-state index in [0.29, 0.717) is 12.3 Å². The van der Waals surface area contributed by atoms with Gasteiger partial charge in [0.2, 0.25) is 5.91 Å². The van der Waals surface area contributed by atoms with Gasteiger partial charge in [0, 0.05) is 11.6 Å². The maximum atomic E-state index is 12.3. The predicted molar refractivity (Wildman–Crippen MR) is 87.1 cm³/mol. The lowest BCUT2D eigenvalue weighted by Crippen LogP contribution is -2.29. The van der Waals surface area contributed by atoms with Gasteiger partial charge in [0.1, 0.15) is 5.75 Å². The third kappa shape index (κ3) is 4.96. The third-order valence-corrected chi connectivity index (χ3v) is 4.22. The van der Waals surface area contributed by atoms with Crippen molar-refractivity contribution in [1.29, 1.82) is 0 Å². The highest BCUT2D eigenvalue weighted by molar-refractivity contribution is 5.93. The smallest absolute Gasteiger partial charge is 0.308 e. The van der Waals surface area contributed by atoms with E-state index in [9.17, 15) is 9.59 Å². The maximum absolute atomic E-state index is 12.3. The molecular formula is C17H24N2O4. The lowest BCUT2D eigenvalue weighted by atomic mass is 9.95. The summed E-state index contributed by atoms with van der Waals surface area (Å²) in [7, 11) is 1.35. The Labute approximate surface area is 136 Å². The standard InChI is InChI=1S/C17H24N2O4/c1-22-16(20)9-10-23-14-7-5-13(6-8-14)19-17(21)15-4-2-3-12(15)11-18/h5-8,12,15H,2-4,9-11,18H2,1H3,(H,19,21)/t12-,15-/m1/s1. The first-order valence-corrected chi connectivity index (χ1v) is 7.94. The molecule has 23 heavy (non-hydrogen) atoms. The van der Waals surface area contributed by atoms with Crippen LogP contribution >= 0.6 is 0 Å². The van der Waals surface area contributed by atoms with E-state index in [-0.39, 0.29) is 36.7 Å². The summed E-state index contributed by atoms with van der Waals surface area (Å²) in [6.07, 6.45) is 3.20. The Morgan fingerprint density at radius 3 is 2.65 bits per heavy atom. The van der Waals surface area contributed by atoms with E-state index in [1.165, 1.54) is 7.11 Å². The largest absolute Gasteiger partial charge is 0.493 e. The van der Waals surface area contributed by atoms with E-state index in [2.05, 4.69) is 10.1 Å². The molecule has 0 spiro atoms. The van der Waals surface area contributed by atoms with Gasteiger partial charge >= 0.3 is 5.97 Å². The van der Waals surface area contributed by atoms with Crippen molar-refractivity contribution in [3.05, 3.63) is 24.3 Å². The number of ether oxygens (including phenoxy) is 2. The molecule has 0 bridgehead atoms. The van der Waals surface area contributed by atoms with Gasteiger partial charge in [0.25, 0.3) is 0 Å². The van der Waals surface area contributed by atoms with E-state index < -0.39 is 0 Å². The highest BCUT2D eigenvalue weighted by Gasteiger charge is 2.31. The quantitative estimate of drug-likeness (QED) is 0.749. The molecule has 1 aromatic rings. The van der Waals surface area contributed by atoms with Gasteiger partial charge in [0.15, 0.2) is 0 Å². The maximum Gasteiger partial charge on any atom is 0.308 e. The summed E-state index contributed by atoms with van der Waals surface area (Å²) in [5, 5.41) is 2.93. The van der Waals surface area contributed by atoms with Crippen molar-refractivity contribution >= 4 is 17.6 Å². The summed E-state index contributed by atoms with van der Waals surface area (Å²) in [6.45, 7) is 0.823. The Morgan fingerprint density at radius 2 is 2.00 bits per heavy atom. The second-order valence-electron chi connectivity index (χ2n) is 5.72. The number of hydrogen-bond donors (Lipinski definition) is 2. The van der Waals surface area contributed by atoms with Crippen molar-refractivity contribution in [3.63, 3.8) is 0 Å². The number of carbonyl (C=O) groups excluding carboxylic acids is 2. The summed E-state index contributed by atoms with van der Waals surface area (Å²) in [5.74, 6) is 0.678. The van der Waals surface area contributed by atoms with Crippen molar-refractivity contribution in [2.45, 2.75) is 25.7 Å². The van der Waals surface area contributed by atoms with Crippen molar-refractivity contribution < 1.29 is 19.1 Å². The van der Waals surface area contributed by atoms with Gasteiger partial charge in [-0.25, -0.2) is 0 Å². The fraction of sp³-hybridized carbons (Fsp3) is 0.529. The fourth-order valence-corrected chi connectivity index (χ4v) is 2.89. The first kappa shape index (κ1) is 17.3. The molecule has 1 aliphatic carbocycles. The molecule has 1 aromatic carbocycles. The predicted octanol–water partition coefficient (Wildman–Crippen LogP) is 1.94. The number of methoxy groups -OCH3 is 1. The van der Waals surface area contributed by atoms with Crippen molar-refractivity contribution in [2.75, 3.05) is 25.6 Å². The van der Waals surface area contributed by atoms with Gasteiger partial charge in [-0.15, -0.1) is 0 Å². The van der Waals surface area contributed by atoms with Crippen molar-refractivity contribution in [1.82, 2.24) is 0 Å². The van der Waals surface area contributed by atoms with Gasteiger partial charge in [-0.05, 0) is 49.6 Å². The molecule has 0 heterocycles. The van der Waals surface area contributed by atoms with Gasteiger partial charge < -0.3 is 20.5 Å². The molecule has 2 rings (SSSR count). The molecule has 1 amide bonds. The average Bonchev–Trinajstić information content (AvgIpc) is 3.05. The number of nitrogens with two attached hydrogens (primary N) is 1. The summed E-state index contributed by atoms with van der Waals surface area (Å²) >= 11 is 0. The number of benzene rings is 1. The molecular weight excluding hydrogens is 296 g/mol. The number of amides is 1. The number of carbonyl (C=O) groups is 2. The molecule has 0 aromatic heterocycles. The molecule has 1 fully saturated rings. The highest BCUT2D eigenvalue weighted by atomic mass is 16.5. The summed E-state index contributed by atoms with van der Waals surface area (Å²) < 4.78 is 9.98. The van der Waals surface area contributed by atoms with Crippen LogP contribution in [-0.2, 0) is 14.3 Å². The van der Waals surface area contributed by atoms with Gasteiger partial charge in [0.05, 0.1) is 20.1 Å². The second-order valence-corrected chi connectivity index (χ2v) is 5.72. The lowest BCUT2D eigenvalue weighted by molar-refractivity contribution is -0.141. The Balaban J connectivity index is 1.82. The molecule has 126 valence electrons. The molecule has 0 aliphatic heterocycles. The van der Waals surface area contributed by atoms with E-state index in [4.69, 9.17) is 10.5 Å². The number of rotatable bonds is 7. The summed E-state index contributed by atoms with van der Waals surface area (Å²) in [6, 6.07) is 7.11. The van der Waals surface area contributed by atoms with Crippen LogP contribution in [0.5, 0.6) is 5.75 Å². The molecule has 1 aliphatic rings. The summed E-state index contributed by atoms with van der Waals surface area (Å²) in [5.41, 5.74) is 6.46. The minimum atomic E-state index is -0.306. The van der Waals surface area contributed by atoms with Gasteiger partial charge in [-0.2, -0.15) is 0 Å². The zero-order valence-corrected chi connectivity index (χ0v) is 13.4. The topological polar surface area (TPSA) is 90.6 Å². The number of esters is 1. The Bertz CT molecular complexity index is 530. The van der Waals surface area contributed by atoms with Gasteiger partial charge in [-0.3, -0.25) is 9.59 Å². The lowest BCUT2D eigenvalue weighted by Gasteiger charge is -2.17. The number of hydrogen-bond acceptors (Lipinski definition) is 5. The molecule has 2 atom stereocenters. The third-order valence-electron chi connectivity index (χ3n) is 4.22. The second kappa shape index (κ2) is 8.53. The number of nitrogens with one attached hydrogen (secondary N) is 1. The van der Waals surface area contributed by atoms with Crippen LogP contribution in [0.4, 0.5) is 5.69 Å². The Morgan fingerprint density at radius 1 is 1.26 bits per heavy atom. The van der Waals surface area contributed by atoms with Crippen LogP contribution in [0.2, 0.25) is 0 Å². The molecule has 1 saturated carbocycles. The summed E-state index contributed by atoms with van der Waals surface area (Å²) in [4.78, 5) is 23.3. The monoisotopic (exact) mass is 320 g/mol. The highest BCUT2D eigenvalue weighted by Crippen LogP contribution is 2.32. The minimum Gasteiger partial charge on any atom is -0.493 e. The molecule has 6 heteroatoms. The van der Waals surface area contributed by atoms with Crippen LogP contribution in [0, 0.1) is 11.8 Å². The minimum absolute atomic E-state index is 0.0102. The van der Waals surface area contributed by atoms with Crippen LogP contribution in [-0.4, -0.2) is 32.1 Å². The van der Waals surface area contributed by atoms with Crippen LogP contribution in [0.3, 0.4) is 0 Å². The average molecular weight is 320 g/mol. The zero-order chi connectivity index (χ0) is 16.7. The fourth-order valence-electron chi connectivity index (χ4n) is 2.89. The van der Waals surface area contributed by atoms with Crippen LogP contribution < -0.4 is 15.8 Å². The van der Waals surface area contributed by atoms with Crippen molar-refractivity contribution in [3.8, 4) is 5.75 Å². The Hall–Kier alpha value is -2.08. The molecule has 0 radical (unpaired) electrons. The molecule has 3 N–H and O–H groups in total. The van der Waals surface area contributed by atoms with Crippen molar-refractivity contribution in [2.24, 2.45) is 17.6 Å². The first-order chi connectivity index (χ1) is 11.1. The van der Waals surface area contributed by atoms with E-state index in [1.54, 1.807) is 24.3 Å².